The predicted octanol–water partition coefficient (Wildman–Crippen LogP) is 2.57. The third-order valence-electron chi connectivity index (χ3n) is 3.74. The predicted molar refractivity (Wildman–Crippen MR) is 84.7 cm³/mol. The molecule has 1 fully saturated rings. The highest BCUT2D eigenvalue weighted by atomic mass is 79.9. The first-order valence-electron chi connectivity index (χ1n) is 6.89. The first kappa shape index (κ1) is 14.1. The minimum atomic E-state index is -0.000301. The number of amides is 1. The van der Waals surface area contributed by atoms with Crippen LogP contribution in [0.4, 0.5) is 5.69 Å². The summed E-state index contributed by atoms with van der Waals surface area (Å²) in [6, 6.07) is 5.69. The van der Waals surface area contributed by atoms with Crippen molar-refractivity contribution in [3.05, 3.63) is 46.5 Å². The van der Waals surface area contributed by atoms with Crippen LogP contribution >= 0.6 is 15.9 Å². The van der Waals surface area contributed by atoms with E-state index in [4.69, 9.17) is 5.73 Å². The minimum Gasteiger partial charge on any atom is -0.398 e. The van der Waals surface area contributed by atoms with Crippen molar-refractivity contribution in [3.63, 3.8) is 0 Å². The maximum absolute atomic E-state index is 12.8. The fourth-order valence-electron chi connectivity index (χ4n) is 2.32. The summed E-state index contributed by atoms with van der Waals surface area (Å²) in [6.07, 6.45) is 5.74. The summed E-state index contributed by atoms with van der Waals surface area (Å²) < 4.78 is 2.61. The van der Waals surface area contributed by atoms with E-state index in [2.05, 4.69) is 20.9 Å². The summed E-state index contributed by atoms with van der Waals surface area (Å²) in [5, 5.41) is 0. The van der Waals surface area contributed by atoms with Crippen LogP contribution in [0.1, 0.15) is 29.0 Å². The second-order valence-electron chi connectivity index (χ2n) is 5.33. The quantitative estimate of drug-likeness (QED) is 0.863. The summed E-state index contributed by atoms with van der Waals surface area (Å²) in [7, 11) is 1.94. The van der Waals surface area contributed by atoms with E-state index in [-0.39, 0.29) is 5.91 Å². The summed E-state index contributed by atoms with van der Waals surface area (Å²) in [5.41, 5.74) is 7.06. The summed E-state index contributed by atoms with van der Waals surface area (Å²) in [4.78, 5) is 19.0. The molecule has 0 bridgehead atoms. The molecule has 1 heterocycles. The van der Waals surface area contributed by atoms with Gasteiger partial charge in [0.1, 0.15) is 5.82 Å². The van der Waals surface area contributed by atoms with E-state index in [0.717, 1.165) is 18.7 Å². The highest BCUT2D eigenvalue weighted by Gasteiger charge is 2.34. The fourth-order valence-corrected chi connectivity index (χ4v) is 2.76. The van der Waals surface area contributed by atoms with Crippen LogP contribution in [0.3, 0.4) is 0 Å². The van der Waals surface area contributed by atoms with E-state index < -0.39 is 0 Å². The zero-order valence-corrected chi connectivity index (χ0v) is 13.4. The molecular formula is C15H17BrN4O. The van der Waals surface area contributed by atoms with Crippen molar-refractivity contribution in [1.29, 1.82) is 0 Å². The molecule has 0 atom stereocenters. The molecule has 5 nitrogen and oxygen atoms in total. The number of hydrogen-bond donors (Lipinski definition) is 1. The second-order valence-corrected chi connectivity index (χ2v) is 6.12. The molecule has 1 aliphatic carbocycles. The van der Waals surface area contributed by atoms with Gasteiger partial charge >= 0.3 is 0 Å². The van der Waals surface area contributed by atoms with Gasteiger partial charge in [0, 0.05) is 31.2 Å². The molecule has 110 valence electrons. The molecule has 0 aliphatic heterocycles. The number of benzene rings is 1. The largest absolute Gasteiger partial charge is 0.398 e. The number of rotatable bonds is 4. The summed E-state index contributed by atoms with van der Waals surface area (Å²) >= 11 is 3.42. The van der Waals surface area contributed by atoms with Crippen molar-refractivity contribution in [2.45, 2.75) is 25.4 Å². The van der Waals surface area contributed by atoms with Crippen LogP contribution < -0.4 is 5.73 Å². The lowest BCUT2D eigenvalue weighted by molar-refractivity contribution is 0.0723. The van der Waals surface area contributed by atoms with Gasteiger partial charge in [-0.2, -0.15) is 0 Å². The molecule has 1 aromatic heterocycles. The van der Waals surface area contributed by atoms with Gasteiger partial charge in [0.2, 0.25) is 0 Å². The number of nitrogen functional groups attached to an aromatic ring is 1. The Morgan fingerprint density at radius 3 is 2.90 bits per heavy atom. The molecule has 1 amide bonds. The Morgan fingerprint density at radius 2 is 2.29 bits per heavy atom. The minimum absolute atomic E-state index is 0.000301. The zero-order chi connectivity index (χ0) is 15.0. The van der Waals surface area contributed by atoms with E-state index >= 15 is 0 Å². The Labute approximate surface area is 131 Å². The number of carbonyl (C=O) groups excluding carboxylic acids is 1. The van der Waals surface area contributed by atoms with Gasteiger partial charge in [0.15, 0.2) is 0 Å². The summed E-state index contributed by atoms with van der Waals surface area (Å²) in [6.45, 7) is 0.522. The molecule has 0 radical (unpaired) electrons. The number of halogens is 1. The average Bonchev–Trinajstić information content (AvgIpc) is 3.22. The maximum Gasteiger partial charge on any atom is 0.255 e. The first-order valence-corrected chi connectivity index (χ1v) is 7.68. The van der Waals surface area contributed by atoms with Crippen LogP contribution in [-0.2, 0) is 13.6 Å². The normalized spacial score (nSPS) is 14.2. The van der Waals surface area contributed by atoms with Crippen LogP contribution in [0, 0.1) is 0 Å². The van der Waals surface area contributed by atoms with Gasteiger partial charge in [-0.05, 0) is 40.9 Å². The van der Waals surface area contributed by atoms with E-state index in [1.54, 1.807) is 24.4 Å². The number of aromatic nitrogens is 2. The van der Waals surface area contributed by atoms with Crippen LogP contribution in [-0.4, -0.2) is 26.4 Å². The Morgan fingerprint density at radius 1 is 1.52 bits per heavy atom. The van der Waals surface area contributed by atoms with Gasteiger partial charge in [0.25, 0.3) is 5.91 Å². The van der Waals surface area contributed by atoms with Gasteiger partial charge < -0.3 is 15.2 Å². The zero-order valence-electron chi connectivity index (χ0n) is 11.8. The van der Waals surface area contributed by atoms with Crippen molar-refractivity contribution in [3.8, 4) is 0 Å². The number of anilines is 1. The van der Waals surface area contributed by atoms with Crippen molar-refractivity contribution < 1.29 is 4.79 Å². The Hall–Kier alpha value is -1.82. The molecule has 2 N–H and O–H groups in total. The topological polar surface area (TPSA) is 64.2 Å². The van der Waals surface area contributed by atoms with Crippen LogP contribution in [0.2, 0.25) is 0 Å². The molecule has 1 saturated carbocycles. The maximum atomic E-state index is 12.8. The monoisotopic (exact) mass is 348 g/mol. The van der Waals surface area contributed by atoms with E-state index in [0.29, 0.717) is 28.3 Å². The number of nitrogens with zero attached hydrogens (tertiary/aromatic N) is 3. The molecule has 0 saturated heterocycles. The fraction of sp³-hybridized carbons (Fsp3) is 0.333. The van der Waals surface area contributed by atoms with Gasteiger partial charge in [-0.3, -0.25) is 4.79 Å². The molecule has 6 heteroatoms. The molecule has 1 aliphatic rings. The van der Waals surface area contributed by atoms with Crippen LogP contribution in [0.25, 0.3) is 0 Å². The second kappa shape index (κ2) is 5.52. The highest BCUT2D eigenvalue weighted by Crippen LogP contribution is 2.32. The molecular weight excluding hydrogens is 332 g/mol. The molecule has 0 unspecified atom stereocenters. The average molecular weight is 349 g/mol. The van der Waals surface area contributed by atoms with E-state index in [9.17, 15) is 4.79 Å². The Kier molecular flexibility index (Phi) is 3.71. The van der Waals surface area contributed by atoms with Crippen molar-refractivity contribution in [2.24, 2.45) is 7.05 Å². The first-order chi connectivity index (χ1) is 10.1. The number of imidazole rings is 1. The van der Waals surface area contributed by atoms with E-state index in [1.165, 1.54) is 0 Å². The molecule has 1 aromatic carbocycles. The van der Waals surface area contributed by atoms with E-state index in [1.807, 2.05) is 22.7 Å². The molecule has 3 rings (SSSR count). The molecule has 21 heavy (non-hydrogen) atoms. The Bertz CT molecular complexity index is 678. The lowest BCUT2D eigenvalue weighted by Crippen LogP contribution is -2.33. The van der Waals surface area contributed by atoms with Crippen LogP contribution in [0.5, 0.6) is 0 Å². The van der Waals surface area contributed by atoms with Gasteiger partial charge in [-0.25, -0.2) is 4.98 Å². The molecule has 0 spiro atoms. The van der Waals surface area contributed by atoms with Gasteiger partial charge in [-0.15, -0.1) is 0 Å². The number of hydrogen-bond acceptors (Lipinski definition) is 3. The summed E-state index contributed by atoms with van der Waals surface area (Å²) in [5.74, 6) is 0.884. The molecule has 2 aromatic rings. The third-order valence-corrected chi connectivity index (χ3v) is 4.63. The smallest absolute Gasteiger partial charge is 0.255 e. The van der Waals surface area contributed by atoms with Crippen molar-refractivity contribution in [1.82, 2.24) is 14.5 Å². The number of aryl methyl sites for hydroxylation is 1. The van der Waals surface area contributed by atoms with Crippen LogP contribution in [0.15, 0.2) is 35.1 Å². The lowest BCUT2D eigenvalue weighted by Gasteiger charge is -2.23. The third kappa shape index (κ3) is 2.81. The van der Waals surface area contributed by atoms with Gasteiger partial charge in [-0.1, -0.05) is 6.07 Å². The number of nitrogens with two attached hydrogens (primary N) is 1. The van der Waals surface area contributed by atoms with Crippen molar-refractivity contribution >= 4 is 27.5 Å². The standard InChI is InChI=1S/C15H17BrN4O/c1-19-8-7-18-13(19)9-20(10-5-6-10)15(21)11-3-2-4-12(17)14(11)16/h2-4,7-8,10H,5-6,9,17H2,1H3. The number of carbonyl (C=O) groups is 1. The Balaban J connectivity index is 1.89. The van der Waals surface area contributed by atoms with Gasteiger partial charge in [0.05, 0.1) is 16.6 Å². The highest BCUT2D eigenvalue weighted by molar-refractivity contribution is 9.10. The lowest BCUT2D eigenvalue weighted by atomic mass is 10.1. The van der Waals surface area contributed by atoms with Crippen molar-refractivity contribution in [2.75, 3.05) is 5.73 Å². The SMILES string of the molecule is Cn1ccnc1CN(C(=O)c1cccc(N)c1Br)C1CC1.